The van der Waals surface area contributed by atoms with Gasteiger partial charge in [0.25, 0.3) is 5.91 Å². The molecule has 2 aliphatic rings. The number of benzene rings is 2. The van der Waals surface area contributed by atoms with Crippen LogP contribution in [0.3, 0.4) is 0 Å². The van der Waals surface area contributed by atoms with Gasteiger partial charge in [0.15, 0.2) is 0 Å². The van der Waals surface area contributed by atoms with Gasteiger partial charge in [0, 0.05) is 47.9 Å². The van der Waals surface area contributed by atoms with Crippen molar-refractivity contribution in [3.8, 4) is 11.3 Å². The van der Waals surface area contributed by atoms with Gasteiger partial charge >= 0.3 is 0 Å². The zero-order chi connectivity index (χ0) is 23.2. The molecule has 0 aliphatic carbocycles. The first-order valence-corrected chi connectivity index (χ1v) is 11.9. The largest absolute Gasteiger partial charge is 0.350 e. The van der Waals surface area contributed by atoms with Crippen LogP contribution in [0.5, 0.6) is 0 Å². The number of nitrogens with zero attached hydrogens (tertiary/aromatic N) is 5. The number of anilines is 1. The van der Waals surface area contributed by atoms with Crippen molar-refractivity contribution in [3.63, 3.8) is 0 Å². The molecule has 170 valence electrons. The maximum atomic E-state index is 13.7. The molecule has 6 rings (SSSR count). The Bertz CT molecular complexity index is 1390. The predicted octanol–water partition coefficient (Wildman–Crippen LogP) is 5.00. The SMILES string of the molecule is Cc1ccc(-c2ccccn2)c(C(=O)N2CC[C@H]3CN(c4cnc5ccc(Cl)cc5n4)[C@H]3C2)c1. The van der Waals surface area contributed by atoms with Crippen LogP contribution in [-0.2, 0) is 0 Å². The van der Waals surface area contributed by atoms with Crippen LogP contribution in [0.4, 0.5) is 5.82 Å². The summed E-state index contributed by atoms with van der Waals surface area (Å²) in [5.74, 6) is 1.47. The number of likely N-dealkylation sites (tertiary alicyclic amines) is 1. The molecule has 4 aromatic rings. The fourth-order valence-electron chi connectivity index (χ4n) is 5.11. The second kappa shape index (κ2) is 8.37. The highest BCUT2D eigenvalue weighted by Crippen LogP contribution is 2.37. The number of hydrogen-bond acceptors (Lipinski definition) is 5. The summed E-state index contributed by atoms with van der Waals surface area (Å²) in [4.78, 5) is 31.8. The van der Waals surface area contributed by atoms with Crippen molar-refractivity contribution < 1.29 is 4.79 Å². The Labute approximate surface area is 203 Å². The van der Waals surface area contributed by atoms with Crippen molar-refractivity contribution in [2.75, 3.05) is 24.5 Å². The minimum absolute atomic E-state index is 0.0611. The molecule has 2 fully saturated rings. The molecule has 6 nitrogen and oxygen atoms in total. The number of hydrogen-bond donors (Lipinski definition) is 0. The third-order valence-electron chi connectivity index (χ3n) is 6.97. The predicted molar refractivity (Wildman–Crippen MR) is 134 cm³/mol. The molecule has 0 spiro atoms. The van der Waals surface area contributed by atoms with Gasteiger partial charge in [-0.25, -0.2) is 4.98 Å². The molecule has 2 aliphatic heterocycles. The van der Waals surface area contributed by atoms with E-state index in [-0.39, 0.29) is 11.9 Å². The number of carbonyl (C=O) groups is 1. The first-order chi connectivity index (χ1) is 16.6. The van der Waals surface area contributed by atoms with E-state index in [0.29, 0.717) is 23.0 Å². The Balaban J connectivity index is 1.26. The van der Waals surface area contributed by atoms with E-state index in [0.717, 1.165) is 53.2 Å². The van der Waals surface area contributed by atoms with Crippen molar-refractivity contribution in [3.05, 3.63) is 83.1 Å². The van der Waals surface area contributed by atoms with Crippen molar-refractivity contribution in [2.24, 2.45) is 5.92 Å². The second-order valence-electron chi connectivity index (χ2n) is 9.14. The van der Waals surface area contributed by atoms with Gasteiger partial charge in [-0.2, -0.15) is 0 Å². The lowest BCUT2D eigenvalue weighted by molar-refractivity contribution is 0.0592. The lowest BCUT2D eigenvalue weighted by Gasteiger charge is -2.54. The summed E-state index contributed by atoms with van der Waals surface area (Å²) in [5.41, 5.74) is 5.08. The van der Waals surface area contributed by atoms with E-state index in [2.05, 4.69) is 14.9 Å². The van der Waals surface area contributed by atoms with Crippen LogP contribution in [0.15, 0.2) is 67.0 Å². The van der Waals surface area contributed by atoms with Crippen molar-refractivity contribution in [1.82, 2.24) is 19.9 Å². The first-order valence-electron chi connectivity index (χ1n) is 11.6. The van der Waals surface area contributed by atoms with Gasteiger partial charge in [0.2, 0.25) is 0 Å². The standard InChI is InChI=1S/C27H24ClN5O/c1-17-5-7-20(22-4-2-3-10-29-22)21(12-17)27(34)32-11-9-18-15-33(25(18)16-32)26-14-30-23-8-6-19(28)13-24(23)31-26/h2-8,10,12-14,18,25H,9,11,15-16H2,1H3/t18-,25-/m0/s1. The highest BCUT2D eigenvalue weighted by atomic mass is 35.5. The van der Waals surface area contributed by atoms with Gasteiger partial charge in [-0.1, -0.05) is 35.4 Å². The molecule has 1 amide bonds. The lowest BCUT2D eigenvalue weighted by atomic mass is 9.82. The monoisotopic (exact) mass is 469 g/mol. The van der Waals surface area contributed by atoms with E-state index >= 15 is 0 Å². The van der Waals surface area contributed by atoms with Crippen molar-refractivity contribution in [1.29, 1.82) is 0 Å². The van der Waals surface area contributed by atoms with Gasteiger partial charge in [-0.15, -0.1) is 0 Å². The average Bonchev–Trinajstić information content (AvgIpc) is 2.84. The van der Waals surface area contributed by atoms with Gasteiger partial charge in [-0.05, 0) is 49.7 Å². The summed E-state index contributed by atoms with van der Waals surface area (Å²) >= 11 is 6.16. The van der Waals surface area contributed by atoms with E-state index in [4.69, 9.17) is 16.6 Å². The number of pyridine rings is 1. The number of aromatic nitrogens is 3. The number of piperidine rings is 1. The molecule has 4 heterocycles. The molecule has 7 heteroatoms. The number of fused-ring (bicyclic) bond motifs is 2. The molecule has 2 aromatic heterocycles. The van der Waals surface area contributed by atoms with Crippen LogP contribution in [0.1, 0.15) is 22.3 Å². The minimum atomic E-state index is 0.0611. The van der Waals surface area contributed by atoms with Crippen molar-refractivity contribution in [2.45, 2.75) is 19.4 Å². The van der Waals surface area contributed by atoms with Crippen molar-refractivity contribution >= 4 is 34.4 Å². The van der Waals surface area contributed by atoms with Crippen LogP contribution in [0.25, 0.3) is 22.3 Å². The smallest absolute Gasteiger partial charge is 0.254 e. The Hall–Kier alpha value is -3.51. The van der Waals surface area contributed by atoms with E-state index in [1.165, 1.54) is 0 Å². The maximum Gasteiger partial charge on any atom is 0.254 e. The number of rotatable bonds is 3. The first kappa shape index (κ1) is 21.1. The van der Waals surface area contributed by atoms with Crippen LogP contribution < -0.4 is 4.90 Å². The number of aryl methyl sites for hydroxylation is 1. The molecule has 0 saturated carbocycles. The van der Waals surface area contributed by atoms with Crippen LogP contribution >= 0.6 is 11.6 Å². The summed E-state index contributed by atoms with van der Waals surface area (Å²) in [6.45, 7) is 4.40. The van der Waals surface area contributed by atoms with Gasteiger partial charge in [-0.3, -0.25) is 14.8 Å². The van der Waals surface area contributed by atoms with Gasteiger partial charge in [0.05, 0.1) is 29.0 Å². The summed E-state index contributed by atoms with van der Waals surface area (Å²) in [6.07, 6.45) is 4.58. The van der Waals surface area contributed by atoms with Crippen LogP contribution in [-0.4, -0.2) is 51.4 Å². The minimum Gasteiger partial charge on any atom is -0.350 e. The molecule has 2 atom stereocenters. The van der Waals surface area contributed by atoms with Gasteiger partial charge < -0.3 is 9.80 Å². The highest BCUT2D eigenvalue weighted by molar-refractivity contribution is 6.31. The van der Waals surface area contributed by atoms with Gasteiger partial charge in [0.1, 0.15) is 5.82 Å². The third kappa shape index (κ3) is 3.68. The van der Waals surface area contributed by atoms with E-state index < -0.39 is 0 Å². The number of halogens is 1. The Morgan fingerprint density at radius 1 is 1.03 bits per heavy atom. The molecule has 34 heavy (non-hydrogen) atoms. The Morgan fingerprint density at radius 2 is 1.94 bits per heavy atom. The lowest BCUT2D eigenvalue weighted by Crippen LogP contribution is -2.65. The van der Waals surface area contributed by atoms with E-state index in [1.54, 1.807) is 6.20 Å². The topological polar surface area (TPSA) is 62.2 Å². The van der Waals surface area contributed by atoms with E-state index in [1.807, 2.05) is 72.6 Å². The fourth-order valence-corrected chi connectivity index (χ4v) is 5.27. The maximum absolute atomic E-state index is 13.7. The van der Waals surface area contributed by atoms with Crippen LogP contribution in [0, 0.1) is 12.8 Å². The Kier molecular flexibility index (Phi) is 5.18. The second-order valence-corrected chi connectivity index (χ2v) is 9.58. The number of amides is 1. The summed E-state index contributed by atoms with van der Waals surface area (Å²) in [5, 5.41) is 0.650. The highest BCUT2D eigenvalue weighted by Gasteiger charge is 2.44. The molecule has 0 unspecified atom stereocenters. The Morgan fingerprint density at radius 3 is 2.79 bits per heavy atom. The quantitative estimate of drug-likeness (QED) is 0.422. The van der Waals surface area contributed by atoms with Crippen LogP contribution in [0.2, 0.25) is 5.02 Å². The van der Waals surface area contributed by atoms with E-state index in [9.17, 15) is 4.79 Å². The summed E-state index contributed by atoms with van der Waals surface area (Å²) in [6, 6.07) is 17.6. The average molecular weight is 470 g/mol. The molecule has 2 aromatic carbocycles. The normalized spacial score (nSPS) is 19.6. The molecule has 2 saturated heterocycles. The zero-order valence-corrected chi connectivity index (χ0v) is 19.6. The summed E-state index contributed by atoms with van der Waals surface area (Å²) in [7, 11) is 0. The zero-order valence-electron chi connectivity index (χ0n) is 18.9. The molecule has 0 bridgehead atoms. The number of carbonyl (C=O) groups excluding carboxylic acids is 1. The molecule has 0 radical (unpaired) electrons. The summed E-state index contributed by atoms with van der Waals surface area (Å²) < 4.78 is 0. The third-order valence-corrected chi connectivity index (χ3v) is 7.21. The molecule has 0 N–H and O–H groups in total. The molecular weight excluding hydrogens is 446 g/mol. The molecular formula is C27H24ClN5O. The fraction of sp³-hybridized carbons (Fsp3) is 0.259.